The molecule has 1 aliphatic heterocycles. The lowest BCUT2D eigenvalue weighted by Crippen LogP contribution is -2.46. The van der Waals surface area contributed by atoms with Gasteiger partial charge in [0.05, 0.1) is 36.4 Å². The van der Waals surface area contributed by atoms with Gasteiger partial charge in [-0.3, -0.25) is 4.58 Å². The van der Waals surface area contributed by atoms with Crippen molar-refractivity contribution in [3.05, 3.63) is 29.8 Å². The quantitative estimate of drug-likeness (QED) is 0.258. The van der Waals surface area contributed by atoms with Crippen LogP contribution in [0.3, 0.4) is 0 Å². The molecule has 1 heterocycles. The second-order valence-electron chi connectivity index (χ2n) is 6.07. The lowest BCUT2D eigenvalue weighted by Gasteiger charge is -2.14. The minimum absolute atomic E-state index is 0.0131. The number of anilines is 1. The third-order valence-electron chi connectivity index (χ3n) is 4.09. The molecule has 0 unspecified atom stereocenters. The highest BCUT2D eigenvalue weighted by atomic mass is 32.2. The molecule has 1 aromatic carbocycles. The standard InChI is InChI=1S/C16H20F3N3O4S/c1-3-26-15(23)14(22(2)13-7-8-27(24,25)10-13)21-20-12-6-4-5-11(9-12)16(17,18)19/h4-6,9,13H,3,7-8,10H2,1-2H3,(H,20,23)/p+1/t13-/m1/s1. The zero-order valence-electron chi connectivity index (χ0n) is 14.8. The first kappa shape index (κ1) is 21.0. The van der Waals surface area contributed by atoms with E-state index in [2.05, 4.69) is 10.9 Å². The van der Waals surface area contributed by atoms with Crippen LogP contribution in [-0.4, -0.2) is 56.0 Å². The van der Waals surface area contributed by atoms with Crippen LogP contribution in [0.2, 0.25) is 0 Å². The summed E-state index contributed by atoms with van der Waals surface area (Å²) in [5.41, 5.74) is 4.34. The second-order valence-corrected chi connectivity index (χ2v) is 8.29. The first-order chi connectivity index (χ1) is 12.5. The van der Waals surface area contributed by atoms with E-state index >= 15 is 0 Å². The van der Waals surface area contributed by atoms with E-state index < -0.39 is 33.6 Å². The Labute approximate surface area is 155 Å². The fourth-order valence-corrected chi connectivity index (χ4v) is 4.43. The Balaban J connectivity index is 2.23. The van der Waals surface area contributed by atoms with Crippen molar-refractivity contribution in [3.8, 4) is 0 Å². The normalized spacial score (nSPS) is 20.0. The number of alkyl halides is 3. The van der Waals surface area contributed by atoms with Crippen LogP contribution in [0.25, 0.3) is 0 Å². The molecule has 27 heavy (non-hydrogen) atoms. The van der Waals surface area contributed by atoms with E-state index in [9.17, 15) is 26.4 Å². The highest BCUT2D eigenvalue weighted by Gasteiger charge is 2.36. The molecule has 1 atom stereocenters. The van der Waals surface area contributed by atoms with E-state index in [1.807, 2.05) is 0 Å². The van der Waals surface area contributed by atoms with Crippen molar-refractivity contribution in [2.45, 2.75) is 25.6 Å². The van der Waals surface area contributed by atoms with Crippen molar-refractivity contribution in [2.75, 3.05) is 30.6 Å². The number of nitrogens with one attached hydrogen (secondary N) is 2. The van der Waals surface area contributed by atoms with Gasteiger partial charge in [-0.1, -0.05) is 6.07 Å². The van der Waals surface area contributed by atoms with Gasteiger partial charge in [-0.15, -0.1) is 0 Å². The Morgan fingerprint density at radius 3 is 2.63 bits per heavy atom. The predicted molar refractivity (Wildman–Crippen MR) is 93.1 cm³/mol. The second kappa shape index (κ2) is 8.15. The van der Waals surface area contributed by atoms with E-state index in [0.29, 0.717) is 6.42 Å². The number of amidine groups is 1. The SMILES string of the molecule is CCOC(=O)C(NNc1cccc(C(F)(F)F)c1)=[N+](C)[C@@H]1CCS(=O)(=O)C1. The van der Waals surface area contributed by atoms with Gasteiger partial charge in [-0.25, -0.2) is 18.6 Å². The molecule has 1 fully saturated rings. The van der Waals surface area contributed by atoms with E-state index in [-0.39, 0.29) is 29.6 Å². The molecule has 0 saturated carbocycles. The Hall–Kier alpha value is -2.30. The zero-order chi connectivity index (χ0) is 20.2. The molecule has 0 bridgehead atoms. The summed E-state index contributed by atoms with van der Waals surface area (Å²) in [6.07, 6.45) is -4.16. The van der Waals surface area contributed by atoms with E-state index in [0.717, 1.165) is 12.1 Å². The number of hydrogen-bond acceptors (Lipinski definition) is 5. The molecule has 1 aliphatic rings. The lowest BCUT2D eigenvalue weighted by molar-refractivity contribution is -0.533. The van der Waals surface area contributed by atoms with Crippen molar-refractivity contribution in [1.82, 2.24) is 5.43 Å². The number of carbonyl (C=O) groups is 1. The van der Waals surface area contributed by atoms with Crippen molar-refractivity contribution in [3.63, 3.8) is 0 Å². The number of sulfone groups is 1. The number of ether oxygens (including phenoxy) is 1. The molecule has 1 saturated heterocycles. The van der Waals surface area contributed by atoms with Gasteiger partial charge in [0.15, 0.2) is 9.84 Å². The zero-order valence-corrected chi connectivity index (χ0v) is 15.7. The van der Waals surface area contributed by atoms with Gasteiger partial charge in [0.1, 0.15) is 6.04 Å². The molecule has 0 spiro atoms. The number of carbonyl (C=O) groups excluding carboxylic acids is 1. The summed E-state index contributed by atoms with van der Waals surface area (Å²) in [4.78, 5) is 12.2. The number of esters is 1. The first-order valence-electron chi connectivity index (χ1n) is 8.20. The summed E-state index contributed by atoms with van der Waals surface area (Å²) in [7, 11) is -1.66. The summed E-state index contributed by atoms with van der Waals surface area (Å²) in [6, 6.07) is 3.99. The number of benzene rings is 1. The summed E-state index contributed by atoms with van der Waals surface area (Å²) in [6.45, 7) is 1.69. The maximum Gasteiger partial charge on any atom is 0.423 e. The number of rotatable bonds is 4. The van der Waals surface area contributed by atoms with Crippen molar-refractivity contribution in [2.24, 2.45) is 0 Å². The molecule has 2 N–H and O–H groups in total. The molecule has 1 aromatic rings. The van der Waals surface area contributed by atoms with Gasteiger partial charge in [0.25, 0.3) is 0 Å². The average Bonchev–Trinajstić information content (AvgIpc) is 2.94. The Morgan fingerprint density at radius 1 is 1.37 bits per heavy atom. The predicted octanol–water partition coefficient (Wildman–Crippen LogP) is 1.41. The molecule has 0 amide bonds. The van der Waals surface area contributed by atoms with Crippen LogP contribution >= 0.6 is 0 Å². The molecule has 0 aliphatic carbocycles. The number of hydrazine groups is 1. The first-order valence-corrected chi connectivity index (χ1v) is 10.0. The number of hydrogen-bond donors (Lipinski definition) is 2. The summed E-state index contributed by atoms with van der Waals surface area (Å²) >= 11 is 0. The smallest absolute Gasteiger partial charge is 0.423 e. The Morgan fingerprint density at radius 2 is 2.07 bits per heavy atom. The number of halogens is 3. The van der Waals surface area contributed by atoms with Gasteiger partial charge in [0.2, 0.25) is 0 Å². The molecule has 0 aromatic heterocycles. The Bertz CT molecular complexity index is 838. The van der Waals surface area contributed by atoms with Crippen LogP contribution < -0.4 is 10.9 Å². The van der Waals surface area contributed by atoms with Crippen molar-refractivity contribution < 1.29 is 35.7 Å². The summed E-state index contributed by atoms with van der Waals surface area (Å²) < 4.78 is 68.2. The summed E-state index contributed by atoms with van der Waals surface area (Å²) in [5.74, 6) is -0.934. The van der Waals surface area contributed by atoms with E-state index in [1.54, 1.807) is 6.92 Å². The van der Waals surface area contributed by atoms with E-state index in [1.165, 1.54) is 23.8 Å². The van der Waals surface area contributed by atoms with Crippen LogP contribution in [0, 0.1) is 0 Å². The fraction of sp³-hybridized carbons (Fsp3) is 0.500. The molecule has 150 valence electrons. The van der Waals surface area contributed by atoms with Gasteiger partial charge < -0.3 is 4.74 Å². The highest BCUT2D eigenvalue weighted by Crippen LogP contribution is 2.30. The fourth-order valence-electron chi connectivity index (χ4n) is 2.65. The van der Waals surface area contributed by atoms with Crippen LogP contribution in [0.4, 0.5) is 18.9 Å². The average molecular weight is 408 g/mol. The molecule has 0 radical (unpaired) electrons. The van der Waals surface area contributed by atoms with Crippen molar-refractivity contribution in [1.29, 1.82) is 0 Å². The van der Waals surface area contributed by atoms with Gasteiger partial charge in [-0.05, 0) is 25.1 Å². The number of nitrogens with zero attached hydrogens (tertiary/aromatic N) is 1. The molecule has 11 heteroatoms. The van der Waals surface area contributed by atoms with Gasteiger partial charge >= 0.3 is 18.0 Å². The molecule has 7 nitrogen and oxygen atoms in total. The minimum Gasteiger partial charge on any atom is -0.457 e. The van der Waals surface area contributed by atoms with E-state index in [4.69, 9.17) is 4.74 Å². The third-order valence-corrected chi connectivity index (χ3v) is 5.84. The van der Waals surface area contributed by atoms with Crippen LogP contribution in [0.5, 0.6) is 0 Å². The van der Waals surface area contributed by atoms with Crippen molar-refractivity contribution >= 4 is 27.3 Å². The topological polar surface area (TPSA) is 87.5 Å². The maximum absolute atomic E-state index is 12.8. The molecule has 2 rings (SSSR count). The highest BCUT2D eigenvalue weighted by molar-refractivity contribution is 7.91. The molecular weight excluding hydrogens is 387 g/mol. The summed E-state index contributed by atoms with van der Waals surface area (Å²) in [5, 5.41) is 0. The van der Waals surface area contributed by atoms with Crippen LogP contribution in [0.1, 0.15) is 18.9 Å². The Kier molecular flexibility index (Phi) is 6.34. The minimum atomic E-state index is -4.50. The van der Waals surface area contributed by atoms with Crippen LogP contribution in [0.15, 0.2) is 24.3 Å². The third kappa shape index (κ3) is 5.59. The van der Waals surface area contributed by atoms with Gasteiger partial charge in [0, 0.05) is 6.42 Å². The monoisotopic (exact) mass is 408 g/mol. The maximum atomic E-state index is 12.8. The molecular formula is C16H21F3N3O4S+. The van der Waals surface area contributed by atoms with Gasteiger partial charge in [-0.2, -0.15) is 18.6 Å². The lowest BCUT2D eigenvalue weighted by atomic mass is 10.2. The van der Waals surface area contributed by atoms with Crippen LogP contribution in [-0.2, 0) is 25.5 Å². The largest absolute Gasteiger partial charge is 0.457 e.